The number of nitrogens with zero attached hydrogens (tertiary/aromatic N) is 2. The third kappa shape index (κ3) is 5.28. The summed E-state index contributed by atoms with van der Waals surface area (Å²) >= 11 is 1.34. The van der Waals surface area contributed by atoms with Gasteiger partial charge < -0.3 is 9.73 Å². The number of unbranched alkanes of at least 4 members (excludes halogenated alkanes) is 1. The van der Waals surface area contributed by atoms with Crippen molar-refractivity contribution in [2.24, 2.45) is 0 Å². The van der Waals surface area contributed by atoms with Crippen molar-refractivity contribution in [1.82, 2.24) is 9.55 Å². The van der Waals surface area contributed by atoms with Gasteiger partial charge in [0.2, 0.25) is 5.91 Å². The highest BCUT2D eigenvalue weighted by Crippen LogP contribution is 2.29. The van der Waals surface area contributed by atoms with Crippen molar-refractivity contribution < 1.29 is 9.21 Å². The molecule has 0 atom stereocenters. The Morgan fingerprint density at radius 2 is 2.06 bits per heavy atom. The Kier molecular flexibility index (Phi) is 6.92. The first-order valence-corrected chi connectivity index (χ1v) is 11.8. The van der Waals surface area contributed by atoms with Crippen molar-refractivity contribution >= 4 is 23.4 Å². The van der Waals surface area contributed by atoms with Crippen molar-refractivity contribution in [1.29, 1.82) is 0 Å². The Morgan fingerprint density at radius 1 is 1.23 bits per heavy atom. The minimum absolute atomic E-state index is 0.0976. The predicted octanol–water partition coefficient (Wildman–Crippen LogP) is 4.45. The van der Waals surface area contributed by atoms with Crippen molar-refractivity contribution in [3.05, 3.63) is 75.7 Å². The molecule has 0 saturated carbocycles. The summed E-state index contributed by atoms with van der Waals surface area (Å²) in [6.07, 6.45) is 7.71. The van der Waals surface area contributed by atoms with Crippen LogP contribution in [0.15, 0.2) is 56.9 Å². The molecule has 0 aliphatic heterocycles. The second kappa shape index (κ2) is 10.0. The Bertz CT molecular complexity index is 1090. The van der Waals surface area contributed by atoms with Crippen LogP contribution in [-0.4, -0.2) is 21.2 Å². The van der Waals surface area contributed by atoms with Crippen LogP contribution in [0.25, 0.3) is 0 Å². The number of rotatable bonds is 9. The normalized spacial score (nSPS) is 12.7. The Hall–Kier alpha value is -2.80. The maximum atomic E-state index is 12.7. The van der Waals surface area contributed by atoms with E-state index in [2.05, 4.69) is 29.4 Å². The first-order valence-electron chi connectivity index (χ1n) is 10.8. The van der Waals surface area contributed by atoms with Crippen LogP contribution >= 0.6 is 11.8 Å². The fraction of sp³-hybridized carbons (Fsp3) is 0.375. The number of hydrogen-bond acceptors (Lipinski definition) is 5. The molecule has 0 fully saturated rings. The van der Waals surface area contributed by atoms with Gasteiger partial charge in [0, 0.05) is 16.9 Å². The van der Waals surface area contributed by atoms with Gasteiger partial charge in [-0.2, -0.15) is 4.98 Å². The molecule has 0 bridgehead atoms. The molecule has 1 aliphatic carbocycles. The van der Waals surface area contributed by atoms with E-state index in [0.717, 1.165) is 48.4 Å². The van der Waals surface area contributed by atoms with E-state index >= 15 is 0 Å². The van der Waals surface area contributed by atoms with Gasteiger partial charge in [0.05, 0.1) is 18.6 Å². The highest BCUT2D eigenvalue weighted by molar-refractivity contribution is 8.00. The number of nitrogens with one attached hydrogen (secondary N) is 1. The van der Waals surface area contributed by atoms with Crippen LogP contribution in [0.4, 0.5) is 5.69 Å². The van der Waals surface area contributed by atoms with Crippen LogP contribution in [0.1, 0.15) is 48.8 Å². The van der Waals surface area contributed by atoms with Crippen LogP contribution in [0.3, 0.4) is 0 Å². The monoisotopic (exact) mass is 437 g/mol. The molecule has 1 aliphatic rings. The number of anilines is 1. The van der Waals surface area contributed by atoms with Crippen LogP contribution in [0.5, 0.6) is 0 Å². The van der Waals surface area contributed by atoms with Crippen LogP contribution in [0, 0.1) is 0 Å². The lowest BCUT2D eigenvalue weighted by Gasteiger charge is -2.13. The minimum Gasteiger partial charge on any atom is -0.467 e. The van der Waals surface area contributed by atoms with Crippen LogP contribution < -0.4 is 11.0 Å². The molecule has 4 rings (SSSR count). The number of aromatic nitrogens is 2. The average Bonchev–Trinajstić information content (AvgIpc) is 3.46. The Morgan fingerprint density at radius 3 is 2.81 bits per heavy atom. The standard InChI is InChI=1S/C24H27N3O3S/c1-2-3-6-17-10-12-18(13-11-17)25-22(28)16-31-23-20-8-4-9-21(20)27(24(29)26-23)15-19-7-5-14-30-19/h5,7,10-14H,2-4,6,8-9,15-16H2,1H3,(H,25,28). The topological polar surface area (TPSA) is 77.1 Å². The van der Waals surface area contributed by atoms with Gasteiger partial charge in [-0.25, -0.2) is 4.79 Å². The number of benzene rings is 1. The Balaban J connectivity index is 1.40. The average molecular weight is 438 g/mol. The summed E-state index contributed by atoms with van der Waals surface area (Å²) in [7, 11) is 0. The number of furan rings is 1. The number of carbonyl (C=O) groups excluding carboxylic acids is 1. The lowest BCUT2D eigenvalue weighted by atomic mass is 10.1. The minimum atomic E-state index is -0.289. The number of amides is 1. The second-order valence-corrected chi connectivity index (χ2v) is 8.75. The van der Waals surface area contributed by atoms with Gasteiger partial charge in [-0.3, -0.25) is 9.36 Å². The SMILES string of the molecule is CCCCc1ccc(NC(=O)CSc2nc(=O)n(Cc3ccco3)c3c2CCC3)cc1. The smallest absolute Gasteiger partial charge is 0.349 e. The van der Waals surface area contributed by atoms with Gasteiger partial charge >= 0.3 is 5.69 Å². The van der Waals surface area contributed by atoms with Crippen molar-refractivity contribution in [3.8, 4) is 0 Å². The number of hydrogen-bond donors (Lipinski definition) is 1. The third-order valence-corrected chi connectivity index (χ3v) is 6.51. The summed E-state index contributed by atoms with van der Waals surface area (Å²) < 4.78 is 7.10. The molecule has 1 aromatic carbocycles. The molecule has 1 amide bonds. The zero-order chi connectivity index (χ0) is 21.6. The number of thioether (sulfide) groups is 1. The van der Waals surface area contributed by atoms with E-state index in [1.807, 2.05) is 24.3 Å². The molecular weight excluding hydrogens is 410 g/mol. The van der Waals surface area contributed by atoms with Gasteiger partial charge in [0.25, 0.3) is 0 Å². The number of aryl methyl sites for hydroxylation is 1. The molecule has 2 heterocycles. The van der Waals surface area contributed by atoms with Gasteiger partial charge in [-0.05, 0) is 61.9 Å². The van der Waals surface area contributed by atoms with Crippen LogP contribution in [0.2, 0.25) is 0 Å². The molecule has 7 heteroatoms. The van der Waals surface area contributed by atoms with Gasteiger partial charge in [0.15, 0.2) is 0 Å². The zero-order valence-electron chi connectivity index (χ0n) is 17.7. The molecular formula is C24H27N3O3S. The summed E-state index contributed by atoms with van der Waals surface area (Å²) in [6, 6.07) is 11.7. The number of fused-ring (bicyclic) bond motifs is 1. The Labute approximate surface area is 186 Å². The summed E-state index contributed by atoms with van der Waals surface area (Å²) in [5.41, 5.74) is 3.89. The predicted molar refractivity (Wildman–Crippen MR) is 123 cm³/mol. The highest BCUT2D eigenvalue weighted by Gasteiger charge is 2.23. The van der Waals surface area contributed by atoms with E-state index in [1.54, 1.807) is 10.8 Å². The lowest BCUT2D eigenvalue weighted by Crippen LogP contribution is -2.28. The quantitative estimate of drug-likeness (QED) is 0.395. The maximum Gasteiger partial charge on any atom is 0.349 e. The summed E-state index contributed by atoms with van der Waals surface area (Å²) in [5.74, 6) is 0.858. The summed E-state index contributed by atoms with van der Waals surface area (Å²) in [4.78, 5) is 29.4. The van der Waals surface area contributed by atoms with Gasteiger partial charge in [-0.1, -0.05) is 37.2 Å². The van der Waals surface area contributed by atoms with E-state index in [9.17, 15) is 9.59 Å². The largest absolute Gasteiger partial charge is 0.467 e. The van der Waals surface area contributed by atoms with Crippen molar-refractivity contribution in [2.45, 2.75) is 57.0 Å². The van der Waals surface area contributed by atoms with E-state index in [-0.39, 0.29) is 17.3 Å². The lowest BCUT2D eigenvalue weighted by molar-refractivity contribution is -0.113. The van der Waals surface area contributed by atoms with E-state index in [4.69, 9.17) is 4.42 Å². The molecule has 0 radical (unpaired) electrons. The molecule has 6 nitrogen and oxygen atoms in total. The summed E-state index contributed by atoms with van der Waals surface area (Å²) in [6.45, 7) is 2.57. The van der Waals surface area contributed by atoms with Crippen LogP contribution in [-0.2, 0) is 30.6 Å². The molecule has 1 N–H and O–H groups in total. The fourth-order valence-corrected chi connectivity index (χ4v) is 4.77. The van der Waals surface area contributed by atoms with E-state index in [0.29, 0.717) is 11.6 Å². The number of carbonyl (C=O) groups is 1. The van der Waals surface area contributed by atoms with Crippen molar-refractivity contribution in [2.75, 3.05) is 11.1 Å². The maximum absolute atomic E-state index is 12.7. The summed E-state index contributed by atoms with van der Waals surface area (Å²) in [5, 5.41) is 3.61. The highest BCUT2D eigenvalue weighted by atomic mass is 32.2. The van der Waals surface area contributed by atoms with E-state index < -0.39 is 0 Å². The first kappa shape index (κ1) is 21.4. The third-order valence-electron chi connectivity index (χ3n) is 5.49. The van der Waals surface area contributed by atoms with Gasteiger partial charge in [0.1, 0.15) is 10.8 Å². The van der Waals surface area contributed by atoms with Crippen molar-refractivity contribution in [3.63, 3.8) is 0 Å². The molecule has 0 spiro atoms. The molecule has 162 valence electrons. The molecule has 0 saturated heterocycles. The molecule has 2 aromatic heterocycles. The molecule has 31 heavy (non-hydrogen) atoms. The fourth-order valence-electron chi connectivity index (χ4n) is 3.89. The zero-order valence-corrected chi connectivity index (χ0v) is 18.5. The second-order valence-electron chi connectivity index (χ2n) is 7.78. The first-order chi connectivity index (χ1) is 15.1. The molecule has 3 aromatic rings. The van der Waals surface area contributed by atoms with E-state index in [1.165, 1.54) is 30.2 Å². The molecule has 0 unspecified atom stereocenters. The van der Waals surface area contributed by atoms with Gasteiger partial charge in [-0.15, -0.1) is 0 Å².